The predicted octanol–water partition coefficient (Wildman–Crippen LogP) is 5.32. The fraction of sp³-hybridized carbons (Fsp3) is 0.212. The molecule has 0 aliphatic rings. The Bertz CT molecular complexity index is 1620. The summed E-state index contributed by atoms with van der Waals surface area (Å²) < 4.78 is 34.4. The highest BCUT2D eigenvalue weighted by Gasteiger charge is 2.34. The van der Waals surface area contributed by atoms with E-state index in [2.05, 4.69) is 5.32 Å². The van der Waals surface area contributed by atoms with Crippen molar-refractivity contribution in [1.82, 2.24) is 10.2 Å². The van der Waals surface area contributed by atoms with Crippen LogP contribution in [0, 0.1) is 0 Å². The van der Waals surface area contributed by atoms with E-state index in [1.54, 1.807) is 73.7 Å². The minimum atomic E-state index is -4.19. The van der Waals surface area contributed by atoms with Crippen LogP contribution in [0.3, 0.4) is 0 Å². The summed E-state index contributed by atoms with van der Waals surface area (Å²) in [6, 6.07) is 29.9. The smallest absolute Gasteiger partial charge is 0.264 e. The highest BCUT2D eigenvalue weighted by Crippen LogP contribution is 2.28. The van der Waals surface area contributed by atoms with Crippen molar-refractivity contribution in [2.45, 2.75) is 30.8 Å². The van der Waals surface area contributed by atoms with E-state index in [0.717, 1.165) is 15.4 Å². The lowest BCUT2D eigenvalue weighted by Gasteiger charge is -2.34. The molecule has 2 amide bonds. The molecular weight excluding hydrogens is 586 g/mol. The van der Waals surface area contributed by atoms with Gasteiger partial charge in [0.1, 0.15) is 18.3 Å². The van der Waals surface area contributed by atoms with Crippen molar-refractivity contribution in [3.63, 3.8) is 0 Å². The Morgan fingerprint density at radius 1 is 0.860 bits per heavy atom. The first-order chi connectivity index (χ1) is 20.7. The third-order valence-electron chi connectivity index (χ3n) is 6.84. The number of carbonyl (C=O) groups excluding carboxylic acids is 2. The number of halogens is 1. The first-order valence-electron chi connectivity index (χ1n) is 13.8. The number of rotatable bonds is 13. The average molecular weight is 620 g/mol. The van der Waals surface area contributed by atoms with Gasteiger partial charge in [-0.15, -0.1) is 0 Å². The summed E-state index contributed by atoms with van der Waals surface area (Å²) in [5.41, 5.74) is 1.84. The van der Waals surface area contributed by atoms with Crippen LogP contribution < -0.4 is 14.4 Å². The first-order valence-corrected chi connectivity index (χ1v) is 15.6. The van der Waals surface area contributed by atoms with Gasteiger partial charge < -0.3 is 15.0 Å². The summed E-state index contributed by atoms with van der Waals surface area (Å²) in [6.07, 6.45) is 0.233. The van der Waals surface area contributed by atoms with E-state index in [1.807, 2.05) is 30.3 Å². The van der Waals surface area contributed by atoms with Crippen molar-refractivity contribution in [1.29, 1.82) is 0 Å². The maximum absolute atomic E-state index is 14.4. The van der Waals surface area contributed by atoms with E-state index in [-0.39, 0.29) is 29.5 Å². The maximum Gasteiger partial charge on any atom is 0.264 e. The zero-order valence-electron chi connectivity index (χ0n) is 24.0. The Labute approximate surface area is 257 Å². The number of amides is 2. The Kier molecular flexibility index (Phi) is 10.8. The Morgan fingerprint density at radius 3 is 2.14 bits per heavy atom. The number of hydrogen-bond acceptors (Lipinski definition) is 5. The molecule has 0 saturated heterocycles. The lowest BCUT2D eigenvalue weighted by molar-refractivity contribution is -0.140. The van der Waals surface area contributed by atoms with Gasteiger partial charge in [0.05, 0.1) is 17.7 Å². The zero-order valence-corrected chi connectivity index (χ0v) is 25.6. The summed E-state index contributed by atoms with van der Waals surface area (Å²) in [4.78, 5) is 29.3. The summed E-state index contributed by atoms with van der Waals surface area (Å²) in [7, 11) is -2.71. The number of likely N-dealkylation sites (N-methyl/N-ethyl adjacent to an activating group) is 1. The van der Waals surface area contributed by atoms with Crippen LogP contribution in [-0.4, -0.2) is 51.4 Å². The standard InChI is InChI=1S/C33H34ClN3O5S/c1-3-35-33(39)31(21-25-11-6-4-7-12-25)36(23-26-17-19-27(34)20-18-26)32(38)24-37(28-13-10-14-29(22-28)42-2)43(40,41)30-15-8-5-9-16-30/h4-20,22,31H,3,21,23-24H2,1-2H3,(H,35,39)/t31-/m0/s1. The molecule has 4 aromatic carbocycles. The highest BCUT2D eigenvalue weighted by molar-refractivity contribution is 7.92. The van der Waals surface area contributed by atoms with Gasteiger partial charge >= 0.3 is 0 Å². The van der Waals surface area contributed by atoms with Crippen molar-refractivity contribution >= 4 is 39.1 Å². The molecule has 0 aromatic heterocycles. The molecule has 4 aromatic rings. The quantitative estimate of drug-likeness (QED) is 0.219. The zero-order chi connectivity index (χ0) is 30.8. The van der Waals surface area contributed by atoms with Gasteiger partial charge in [-0.05, 0) is 54.4 Å². The van der Waals surface area contributed by atoms with E-state index < -0.39 is 28.5 Å². The number of nitrogens with one attached hydrogen (secondary N) is 1. The molecule has 0 radical (unpaired) electrons. The molecule has 10 heteroatoms. The van der Waals surface area contributed by atoms with Gasteiger partial charge in [-0.1, -0.05) is 78.3 Å². The third kappa shape index (κ3) is 8.15. The summed E-state index contributed by atoms with van der Waals surface area (Å²) in [5.74, 6) is -0.461. The molecule has 1 atom stereocenters. The van der Waals surface area contributed by atoms with Gasteiger partial charge in [-0.2, -0.15) is 0 Å². The number of sulfonamides is 1. The van der Waals surface area contributed by atoms with Gasteiger partial charge in [-0.25, -0.2) is 8.42 Å². The fourth-order valence-electron chi connectivity index (χ4n) is 4.65. The first kappa shape index (κ1) is 31.6. The topological polar surface area (TPSA) is 96.0 Å². The van der Waals surface area contributed by atoms with Crippen LogP contribution in [0.1, 0.15) is 18.1 Å². The van der Waals surface area contributed by atoms with Crippen LogP contribution in [0.5, 0.6) is 5.75 Å². The molecule has 0 unspecified atom stereocenters. The molecule has 43 heavy (non-hydrogen) atoms. The monoisotopic (exact) mass is 619 g/mol. The van der Waals surface area contributed by atoms with Gasteiger partial charge in [-0.3, -0.25) is 13.9 Å². The third-order valence-corrected chi connectivity index (χ3v) is 8.88. The Morgan fingerprint density at radius 2 is 1.51 bits per heavy atom. The van der Waals surface area contributed by atoms with E-state index in [4.69, 9.17) is 16.3 Å². The Hall–Kier alpha value is -4.34. The molecular formula is C33H34ClN3O5S. The van der Waals surface area contributed by atoms with Crippen LogP contribution in [0.25, 0.3) is 0 Å². The van der Waals surface area contributed by atoms with Gasteiger partial charge in [0.2, 0.25) is 11.8 Å². The molecule has 4 rings (SSSR count). The minimum Gasteiger partial charge on any atom is -0.497 e. The molecule has 8 nitrogen and oxygen atoms in total. The van der Waals surface area contributed by atoms with E-state index in [9.17, 15) is 18.0 Å². The molecule has 224 valence electrons. The van der Waals surface area contributed by atoms with Crippen LogP contribution in [0.15, 0.2) is 114 Å². The number of ether oxygens (including phenoxy) is 1. The van der Waals surface area contributed by atoms with Crippen molar-refractivity contribution in [3.8, 4) is 5.75 Å². The second-order valence-electron chi connectivity index (χ2n) is 9.77. The van der Waals surface area contributed by atoms with E-state index in [1.165, 1.54) is 24.1 Å². The number of anilines is 1. The number of hydrogen-bond donors (Lipinski definition) is 1. The fourth-order valence-corrected chi connectivity index (χ4v) is 6.20. The molecule has 1 N–H and O–H groups in total. The lowest BCUT2D eigenvalue weighted by Crippen LogP contribution is -2.53. The normalized spacial score (nSPS) is 11.8. The largest absolute Gasteiger partial charge is 0.497 e. The Balaban J connectivity index is 1.79. The predicted molar refractivity (Wildman–Crippen MR) is 169 cm³/mol. The maximum atomic E-state index is 14.4. The molecule has 0 saturated carbocycles. The molecule has 0 aliphatic heterocycles. The second-order valence-corrected chi connectivity index (χ2v) is 12.1. The summed E-state index contributed by atoms with van der Waals surface area (Å²) >= 11 is 6.11. The number of benzene rings is 4. The van der Waals surface area contributed by atoms with Crippen molar-refractivity contribution in [2.75, 3.05) is 24.5 Å². The van der Waals surface area contributed by atoms with Crippen molar-refractivity contribution < 1.29 is 22.7 Å². The minimum absolute atomic E-state index is 0.0273. The molecule has 0 heterocycles. The molecule has 0 aliphatic carbocycles. The average Bonchev–Trinajstić information content (AvgIpc) is 3.03. The van der Waals surface area contributed by atoms with Gasteiger partial charge in [0.15, 0.2) is 0 Å². The van der Waals surface area contributed by atoms with Crippen molar-refractivity contribution in [3.05, 3.63) is 125 Å². The number of carbonyl (C=O) groups is 2. The number of nitrogens with zero attached hydrogens (tertiary/aromatic N) is 2. The van der Waals surface area contributed by atoms with Gasteiger partial charge in [0, 0.05) is 30.6 Å². The number of methoxy groups -OCH3 is 1. The summed E-state index contributed by atoms with van der Waals surface area (Å²) in [6.45, 7) is 1.68. The van der Waals surface area contributed by atoms with E-state index >= 15 is 0 Å². The SMILES string of the molecule is CCNC(=O)[C@H](Cc1ccccc1)N(Cc1ccc(Cl)cc1)C(=O)CN(c1cccc(OC)c1)S(=O)(=O)c1ccccc1. The van der Waals surface area contributed by atoms with Gasteiger partial charge in [0.25, 0.3) is 10.0 Å². The van der Waals surface area contributed by atoms with Crippen LogP contribution >= 0.6 is 11.6 Å². The van der Waals surface area contributed by atoms with E-state index in [0.29, 0.717) is 17.3 Å². The second kappa shape index (κ2) is 14.7. The molecule has 0 spiro atoms. The molecule has 0 fully saturated rings. The van der Waals surface area contributed by atoms with Crippen LogP contribution in [0.4, 0.5) is 5.69 Å². The highest BCUT2D eigenvalue weighted by atomic mass is 35.5. The molecule has 0 bridgehead atoms. The van der Waals surface area contributed by atoms with Crippen LogP contribution in [0.2, 0.25) is 5.02 Å². The summed E-state index contributed by atoms with van der Waals surface area (Å²) in [5, 5.41) is 3.38. The van der Waals surface area contributed by atoms with Crippen LogP contribution in [-0.2, 0) is 32.6 Å². The lowest BCUT2D eigenvalue weighted by atomic mass is 10.0. The van der Waals surface area contributed by atoms with Crippen molar-refractivity contribution in [2.24, 2.45) is 0 Å².